The Morgan fingerprint density at radius 2 is 1.71 bits per heavy atom. The number of nitrogens with one attached hydrogen (secondary N) is 2. The summed E-state index contributed by atoms with van der Waals surface area (Å²) in [5.41, 5.74) is 2.96. The van der Waals surface area contributed by atoms with Crippen molar-refractivity contribution in [2.24, 2.45) is 0 Å². The van der Waals surface area contributed by atoms with E-state index in [-0.39, 0.29) is 17.9 Å². The second kappa shape index (κ2) is 8.24. The van der Waals surface area contributed by atoms with Crippen LogP contribution in [-0.2, 0) is 6.54 Å². The lowest BCUT2D eigenvalue weighted by molar-refractivity contribution is 0.0934. The number of rotatable bonds is 6. The molecule has 0 bridgehead atoms. The average molecular weight is 325 g/mol. The minimum absolute atomic E-state index is 0.0781. The number of hydrogen-bond donors (Lipinski definition) is 2. The SMILES string of the molecule is CC[C@H](C)NC(=O)c1ccc(CNC(=O)c2ccc(C)nc2)cc1. The highest BCUT2D eigenvalue weighted by Crippen LogP contribution is 2.06. The highest BCUT2D eigenvalue weighted by Gasteiger charge is 2.09. The summed E-state index contributed by atoms with van der Waals surface area (Å²) in [5.74, 6) is -0.244. The van der Waals surface area contributed by atoms with Crippen molar-refractivity contribution in [3.63, 3.8) is 0 Å². The lowest BCUT2D eigenvalue weighted by Gasteiger charge is -2.11. The minimum Gasteiger partial charge on any atom is -0.350 e. The molecule has 0 saturated heterocycles. The molecule has 24 heavy (non-hydrogen) atoms. The number of aromatic nitrogens is 1. The lowest BCUT2D eigenvalue weighted by Crippen LogP contribution is -2.31. The van der Waals surface area contributed by atoms with Crippen molar-refractivity contribution in [3.05, 3.63) is 65.0 Å². The number of carbonyl (C=O) groups excluding carboxylic acids is 2. The molecule has 1 heterocycles. The molecular weight excluding hydrogens is 302 g/mol. The fourth-order valence-electron chi connectivity index (χ4n) is 2.07. The van der Waals surface area contributed by atoms with Gasteiger partial charge in [-0.3, -0.25) is 14.6 Å². The molecular formula is C19H23N3O2. The summed E-state index contributed by atoms with van der Waals surface area (Å²) < 4.78 is 0. The Morgan fingerprint density at radius 3 is 2.29 bits per heavy atom. The molecule has 0 radical (unpaired) electrons. The van der Waals surface area contributed by atoms with Crippen molar-refractivity contribution in [2.75, 3.05) is 0 Å². The van der Waals surface area contributed by atoms with Crippen LogP contribution in [0.5, 0.6) is 0 Å². The second-order valence-electron chi connectivity index (χ2n) is 5.85. The van der Waals surface area contributed by atoms with E-state index in [2.05, 4.69) is 15.6 Å². The van der Waals surface area contributed by atoms with Gasteiger partial charge in [-0.15, -0.1) is 0 Å². The van der Waals surface area contributed by atoms with E-state index < -0.39 is 0 Å². The number of benzene rings is 1. The maximum absolute atomic E-state index is 12.0. The van der Waals surface area contributed by atoms with E-state index in [9.17, 15) is 9.59 Å². The van der Waals surface area contributed by atoms with Crippen LogP contribution in [0.4, 0.5) is 0 Å². The van der Waals surface area contributed by atoms with Crippen LogP contribution in [0.25, 0.3) is 0 Å². The number of amides is 2. The van der Waals surface area contributed by atoms with E-state index in [1.54, 1.807) is 30.5 Å². The molecule has 0 aliphatic rings. The normalized spacial score (nSPS) is 11.6. The number of nitrogens with zero attached hydrogens (tertiary/aromatic N) is 1. The third-order valence-electron chi connectivity index (χ3n) is 3.83. The number of carbonyl (C=O) groups is 2. The first-order valence-corrected chi connectivity index (χ1v) is 8.10. The van der Waals surface area contributed by atoms with E-state index in [1.807, 2.05) is 32.9 Å². The summed E-state index contributed by atoms with van der Waals surface area (Å²) in [4.78, 5) is 28.2. The van der Waals surface area contributed by atoms with E-state index in [1.165, 1.54) is 0 Å². The standard InChI is InChI=1S/C19H23N3O2/c1-4-13(2)22-19(24)16-9-6-15(7-10-16)11-21-18(23)17-8-5-14(3)20-12-17/h5-10,12-13H,4,11H2,1-3H3,(H,21,23)(H,22,24)/t13-/m0/s1. The quantitative estimate of drug-likeness (QED) is 0.858. The van der Waals surface area contributed by atoms with Gasteiger partial charge in [0.15, 0.2) is 0 Å². The Morgan fingerprint density at radius 1 is 1.04 bits per heavy atom. The molecule has 2 aromatic rings. The molecule has 5 heteroatoms. The van der Waals surface area contributed by atoms with Gasteiger partial charge >= 0.3 is 0 Å². The minimum atomic E-state index is -0.166. The zero-order chi connectivity index (χ0) is 17.5. The van der Waals surface area contributed by atoms with Gasteiger partial charge in [-0.1, -0.05) is 19.1 Å². The average Bonchev–Trinajstić information content (AvgIpc) is 2.60. The summed E-state index contributed by atoms with van der Waals surface area (Å²) in [6.07, 6.45) is 2.46. The Kier molecular flexibility index (Phi) is 6.07. The molecule has 1 atom stereocenters. The molecule has 1 aromatic heterocycles. The van der Waals surface area contributed by atoms with Gasteiger partial charge in [0.05, 0.1) is 5.56 Å². The fourth-order valence-corrected chi connectivity index (χ4v) is 2.07. The highest BCUT2D eigenvalue weighted by atomic mass is 16.2. The first kappa shape index (κ1) is 17.7. The topological polar surface area (TPSA) is 71.1 Å². The van der Waals surface area contributed by atoms with Gasteiger partial charge in [-0.25, -0.2) is 0 Å². The first-order chi connectivity index (χ1) is 11.5. The maximum Gasteiger partial charge on any atom is 0.253 e. The van der Waals surface area contributed by atoms with Crippen LogP contribution in [0.2, 0.25) is 0 Å². The first-order valence-electron chi connectivity index (χ1n) is 8.10. The van der Waals surface area contributed by atoms with Gasteiger partial charge in [-0.2, -0.15) is 0 Å². The Labute approximate surface area is 142 Å². The van der Waals surface area contributed by atoms with Gasteiger partial charge in [0.2, 0.25) is 0 Å². The number of pyridine rings is 1. The van der Waals surface area contributed by atoms with Crippen LogP contribution < -0.4 is 10.6 Å². The molecule has 0 unspecified atom stereocenters. The van der Waals surface area contributed by atoms with Gasteiger partial charge in [0.1, 0.15) is 0 Å². The lowest BCUT2D eigenvalue weighted by atomic mass is 10.1. The van der Waals surface area contributed by atoms with Crippen LogP contribution in [0.1, 0.15) is 52.2 Å². The summed E-state index contributed by atoms with van der Waals surface area (Å²) in [6.45, 7) is 6.28. The molecule has 5 nitrogen and oxygen atoms in total. The maximum atomic E-state index is 12.0. The van der Waals surface area contributed by atoms with E-state index in [4.69, 9.17) is 0 Å². The molecule has 2 rings (SSSR count). The van der Waals surface area contributed by atoms with Gasteiger partial charge in [0.25, 0.3) is 11.8 Å². The van der Waals surface area contributed by atoms with Crippen LogP contribution in [-0.4, -0.2) is 22.8 Å². The summed E-state index contributed by atoms with van der Waals surface area (Å²) >= 11 is 0. The highest BCUT2D eigenvalue weighted by molar-refractivity contribution is 5.94. The second-order valence-corrected chi connectivity index (χ2v) is 5.85. The van der Waals surface area contributed by atoms with Crippen LogP contribution >= 0.6 is 0 Å². The molecule has 0 saturated carbocycles. The molecule has 2 amide bonds. The van der Waals surface area contributed by atoms with E-state index >= 15 is 0 Å². The zero-order valence-electron chi connectivity index (χ0n) is 14.3. The molecule has 0 aliphatic heterocycles. The third kappa shape index (κ3) is 4.91. The van der Waals surface area contributed by atoms with Gasteiger partial charge < -0.3 is 10.6 Å². The predicted molar refractivity (Wildman–Crippen MR) is 93.8 cm³/mol. The fraction of sp³-hybridized carbons (Fsp3) is 0.316. The number of hydrogen-bond acceptors (Lipinski definition) is 3. The van der Waals surface area contributed by atoms with E-state index in [0.717, 1.165) is 17.7 Å². The molecule has 126 valence electrons. The van der Waals surface area contributed by atoms with Gasteiger partial charge in [-0.05, 0) is 50.1 Å². The van der Waals surface area contributed by atoms with Crippen molar-refractivity contribution in [2.45, 2.75) is 39.8 Å². The monoisotopic (exact) mass is 325 g/mol. The molecule has 1 aromatic carbocycles. The van der Waals surface area contributed by atoms with Crippen LogP contribution in [0.3, 0.4) is 0 Å². The predicted octanol–water partition coefficient (Wildman–Crippen LogP) is 2.85. The van der Waals surface area contributed by atoms with Crippen LogP contribution in [0.15, 0.2) is 42.6 Å². The van der Waals surface area contributed by atoms with E-state index in [0.29, 0.717) is 17.7 Å². The molecule has 0 spiro atoms. The summed E-state index contributed by atoms with van der Waals surface area (Å²) in [7, 11) is 0. The number of aryl methyl sites for hydroxylation is 1. The van der Waals surface area contributed by atoms with Crippen molar-refractivity contribution in [1.82, 2.24) is 15.6 Å². The Bertz CT molecular complexity index is 694. The van der Waals surface area contributed by atoms with Gasteiger partial charge in [0, 0.05) is 30.0 Å². The van der Waals surface area contributed by atoms with Crippen molar-refractivity contribution < 1.29 is 9.59 Å². The van der Waals surface area contributed by atoms with Crippen molar-refractivity contribution in [3.8, 4) is 0 Å². The van der Waals surface area contributed by atoms with Crippen molar-refractivity contribution in [1.29, 1.82) is 0 Å². The Balaban J connectivity index is 1.90. The largest absolute Gasteiger partial charge is 0.350 e. The summed E-state index contributed by atoms with van der Waals surface area (Å²) in [6, 6.07) is 10.9. The molecule has 0 fully saturated rings. The smallest absolute Gasteiger partial charge is 0.253 e. The Hall–Kier alpha value is -2.69. The third-order valence-corrected chi connectivity index (χ3v) is 3.83. The molecule has 0 aliphatic carbocycles. The molecule has 2 N–H and O–H groups in total. The van der Waals surface area contributed by atoms with Crippen LogP contribution in [0, 0.1) is 6.92 Å². The van der Waals surface area contributed by atoms with Crippen molar-refractivity contribution >= 4 is 11.8 Å². The summed E-state index contributed by atoms with van der Waals surface area (Å²) in [5, 5.41) is 5.77. The zero-order valence-corrected chi connectivity index (χ0v) is 14.3.